The molecule has 2 aromatic carbocycles. The van der Waals surface area contributed by atoms with Gasteiger partial charge < -0.3 is 21.1 Å². The molecule has 3 aromatic rings. The number of rotatable bonds is 7. The van der Waals surface area contributed by atoms with Crippen molar-refractivity contribution < 1.29 is 13.9 Å². The number of benzene rings is 2. The summed E-state index contributed by atoms with van der Waals surface area (Å²) in [5, 5.41) is 14.3. The highest BCUT2D eigenvalue weighted by molar-refractivity contribution is 5.98. The van der Waals surface area contributed by atoms with Crippen LogP contribution in [0.4, 0.5) is 27.5 Å². The highest BCUT2D eigenvalue weighted by atomic mass is 19.1. The van der Waals surface area contributed by atoms with Crippen molar-refractivity contribution in [3.63, 3.8) is 0 Å². The minimum atomic E-state index is -0.713. The maximum Gasteiger partial charge on any atom is 0.254 e. The predicted molar refractivity (Wildman–Crippen MR) is 106 cm³/mol. The molecule has 0 saturated heterocycles. The first kappa shape index (κ1) is 19.6. The van der Waals surface area contributed by atoms with E-state index < -0.39 is 11.7 Å². The summed E-state index contributed by atoms with van der Waals surface area (Å²) in [6.07, 6.45) is 1.26. The van der Waals surface area contributed by atoms with Crippen molar-refractivity contribution in [3.05, 3.63) is 65.6 Å². The van der Waals surface area contributed by atoms with Crippen molar-refractivity contribution in [2.75, 3.05) is 17.2 Å². The summed E-state index contributed by atoms with van der Waals surface area (Å²) in [6, 6.07) is 13.2. The molecule has 0 aliphatic rings. The summed E-state index contributed by atoms with van der Waals surface area (Å²) in [4.78, 5) is 20.0. The van der Waals surface area contributed by atoms with Crippen LogP contribution < -0.4 is 21.1 Å². The molecular formula is C20H17FN6O2. The monoisotopic (exact) mass is 392 g/mol. The smallest absolute Gasteiger partial charge is 0.254 e. The summed E-state index contributed by atoms with van der Waals surface area (Å²) in [5.41, 5.74) is 7.15. The molecule has 1 heterocycles. The number of nitrogens with two attached hydrogens (primary N) is 1. The molecule has 3 rings (SSSR count). The van der Waals surface area contributed by atoms with E-state index in [0.717, 1.165) is 5.56 Å². The first-order valence-corrected chi connectivity index (χ1v) is 8.53. The van der Waals surface area contributed by atoms with Crippen LogP contribution in [-0.2, 0) is 0 Å². The number of aryl methyl sites for hydroxylation is 1. The lowest BCUT2D eigenvalue weighted by Crippen LogP contribution is -2.15. The second kappa shape index (κ2) is 8.67. The van der Waals surface area contributed by atoms with E-state index in [-0.39, 0.29) is 29.6 Å². The third-order valence-corrected chi connectivity index (χ3v) is 3.84. The van der Waals surface area contributed by atoms with Gasteiger partial charge in [-0.25, -0.2) is 9.37 Å². The van der Waals surface area contributed by atoms with Crippen molar-refractivity contribution in [3.8, 4) is 11.8 Å². The summed E-state index contributed by atoms with van der Waals surface area (Å²) in [6.45, 7) is 1.77. The van der Waals surface area contributed by atoms with Crippen LogP contribution >= 0.6 is 0 Å². The van der Waals surface area contributed by atoms with Crippen LogP contribution in [0.2, 0.25) is 0 Å². The fraction of sp³-hybridized carbons (Fsp3) is 0.100. The van der Waals surface area contributed by atoms with Crippen molar-refractivity contribution in [1.82, 2.24) is 9.97 Å². The maximum absolute atomic E-state index is 14.0. The fourth-order valence-electron chi connectivity index (χ4n) is 2.46. The summed E-state index contributed by atoms with van der Waals surface area (Å²) < 4.78 is 19.2. The Hall–Kier alpha value is -4.19. The third-order valence-electron chi connectivity index (χ3n) is 3.84. The molecule has 0 radical (unpaired) electrons. The lowest BCUT2D eigenvalue weighted by Gasteiger charge is -2.12. The molecule has 0 spiro atoms. The summed E-state index contributed by atoms with van der Waals surface area (Å²) in [5.74, 6) is -0.396. The number of anilines is 4. The van der Waals surface area contributed by atoms with Crippen LogP contribution in [0.3, 0.4) is 0 Å². The van der Waals surface area contributed by atoms with Gasteiger partial charge in [-0.1, -0.05) is 6.07 Å². The number of carbonyl (C=O) groups is 1. The lowest BCUT2D eigenvalue weighted by atomic mass is 10.2. The number of halogens is 1. The zero-order valence-corrected chi connectivity index (χ0v) is 15.4. The third kappa shape index (κ3) is 4.95. The van der Waals surface area contributed by atoms with Crippen molar-refractivity contribution in [1.29, 1.82) is 5.26 Å². The van der Waals surface area contributed by atoms with Crippen molar-refractivity contribution in [2.45, 2.75) is 6.92 Å². The SMILES string of the molecule is Cc1ccc(F)c(Nc2ncc(C(N)=O)c(Nc3ccc(OCC#N)cc3)n2)c1. The van der Waals surface area contributed by atoms with Crippen molar-refractivity contribution >= 4 is 29.0 Å². The van der Waals surface area contributed by atoms with E-state index in [1.54, 1.807) is 36.4 Å². The Morgan fingerprint density at radius 3 is 2.69 bits per heavy atom. The molecule has 1 amide bonds. The molecule has 29 heavy (non-hydrogen) atoms. The van der Waals surface area contributed by atoms with Crippen LogP contribution in [-0.4, -0.2) is 22.5 Å². The van der Waals surface area contributed by atoms with E-state index in [1.165, 1.54) is 12.3 Å². The van der Waals surface area contributed by atoms with Gasteiger partial charge in [-0.2, -0.15) is 10.2 Å². The molecule has 8 nitrogen and oxygen atoms in total. The quantitative estimate of drug-likeness (QED) is 0.562. The Labute approximate surface area is 166 Å². The number of amides is 1. The number of hydrogen-bond acceptors (Lipinski definition) is 7. The molecule has 9 heteroatoms. The maximum atomic E-state index is 14.0. The summed E-state index contributed by atoms with van der Waals surface area (Å²) in [7, 11) is 0. The van der Waals surface area contributed by atoms with Gasteiger partial charge in [-0.3, -0.25) is 4.79 Å². The van der Waals surface area contributed by atoms with E-state index in [4.69, 9.17) is 15.7 Å². The van der Waals surface area contributed by atoms with Crippen LogP contribution in [0, 0.1) is 24.1 Å². The molecule has 0 unspecified atom stereocenters. The van der Waals surface area contributed by atoms with Crippen LogP contribution in [0.1, 0.15) is 15.9 Å². The van der Waals surface area contributed by atoms with Gasteiger partial charge in [0, 0.05) is 11.9 Å². The van der Waals surface area contributed by atoms with Gasteiger partial charge in [0.05, 0.1) is 5.69 Å². The van der Waals surface area contributed by atoms with Gasteiger partial charge in [-0.15, -0.1) is 0 Å². The first-order chi connectivity index (χ1) is 14.0. The van der Waals surface area contributed by atoms with E-state index >= 15 is 0 Å². The highest BCUT2D eigenvalue weighted by Crippen LogP contribution is 2.24. The Morgan fingerprint density at radius 1 is 1.24 bits per heavy atom. The Morgan fingerprint density at radius 2 is 2.00 bits per heavy atom. The molecule has 0 aliphatic carbocycles. The molecular weight excluding hydrogens is 375 g/mol. The average molecular weight is 392 g/mol. The minimum Gasteiger partial charge on any atom is -0.479 e. The van der Waals surface area contributed by atoms with E-state index in [9.17, 15) is 9.18 Å². The number of nitrogens with zero attached hydrogens (tertiary/aromatic N) is 3. The number of nitrogens with one attached hydrogen (secondary N) is 2. The van der Waals surface area contributed by atoms with E-state index in [0.29, 0.717) is 11.4 Å². The molecule has 146 valence electrons. The molecule has 0 aliphatic heterocycles. The van der Waals surface area contributed by atoms with Gasteiger partial charge in [0.2, 0.25) is 5.95 Å². The van der Waals surface area contributed by atoms with Gasteiger partial charge in [-0.05, 0) is 48.9 Å². The van der Waals surface area contributed by atoms with Gasteiger partial charge in [0.1, 0.15) is 29.0 Å². The topological polar surface area (TPSA) is 126 Å². The van der Waals surface area contributed by atoms with Crippen LogP contribution in [0.25, 0.3) is 0 Å². The van der Waals surface area contributed by atoms with Gasteiger partial charge in [0.25, 0.3) is 5.91 Å². The van der Waals surface area contributed by atoms with E-state index in [2.05, 4.69) is 20.6 Å². The number of primary amides is 1. The molecule has 1 aromatic heterocycles. The van der Waals surface area contributed by atoms with Gasteiger partial charge in [0.15, 0.2) is 6.61 Å². The number of ether oxygens (including phenoxy) is 1. The summed E-state index contributed by atoms with van der Waals surface area (Å²) >= 11 is 0. The zero-order chi connectivity index (χ0) is 20.8. The molecule has 0 saturated carbocycles. The first-order valence-electron chi connectivity index (χ1n) is 8.53. The standard InChI is InChI=1S/C20H17FN6O2/c1-12-2-7-16(21)17(10-12)26-20-24-11-15(18(23)28)19(27-20)25-13-3-5-14(6-4-13)29-9-8-22/h2-7,10-11H,9H2,1H3,(H2,23,28)(H2,24,25,26,27). The second-order valence-electron chi connectivity index (χ2n) is 6.02. The van der Waals surface area contributed by atoms with Crippen LogP contribution in [0.5, 0.6) is 5.75 Å². The Kier molecular flexibility index (Phi) is 5.85. The number of hydrogen-bond donors (Lipinski definition) is 3. The second-order valence-corrected chi connectivity index (χ2v) is 6.02. The molecule has 0 atom stereocenters. The Bertz CT molecular complexity index is 1080. The highest BCUT2D eigenvalue weighted by Gasteiger charge is 2.14. The molecule has 0 fully saturated rings. The van der Waals surface area contributed by atoms with Crippen LogP contribution in [0.15, 0.2) is 48.7 Å². The normalized spacial score (nSPS) is 10.1. The number of nitriles is 1. The zero-order valence-electron chi connectivity index (χ0n) is 15.4. The van der Waals surface area contributed by atoms with Crippen molar-refractivity contribution in [2.24, 2.45) is 5.73 Å². The largest absolute Gasteiger partial charge is 0.479 e. The number of aromatic nitrogens is 2. The van der Waals surface area contributed by atoms with E-state index in [1.807, 2.05) is 13.0 Å². The molecule has 4 N–H and O–H groups in total. The Balaban J connectivity index is 1.86. The minimum absolute atomic E-state index is 0.0605. The average Bonchev–Trinajstić information content (AvgIpc) is 2.70. The predicted octanol–water partition coefficient (Wildman–Crippen LogP) is 3.41. The fourth-order valence-corrected chi connectivity index (χ4v) is 2.46. The molecule has 0 bridgehead atoms. The lowest BCUT2D eigenvalue weighted by molar-refractivity contribution is 0.100. The van der Waals surface area contributed by atoms with Gasteiger partial charge >= 0.3 is 0 Å². The number of carbonyl (C=O) groups excluding carboxylic acids is 1.